The molecule has 0 N–H and O–H groups in total. The Balaban J connectivity index is 1.74. The number of benzene rings is 3. The second-order valence-electron chi connectivity index (χ2n) is 12.4. The van der Waals surface area contributed by atoms with Gasteiger partial charge < -0.3 is 9.16 Å². The van der Waals surface area contributed by atoms with E-state index in [4.69, 9.17) is 20.8 Å². The lowest BCUT2D eigenvalue weighted by molar-refractivity contribution is -0.137. The van der Waals surface area contributed by atoms with E-state index in [0.29, 0.717) is 30.2 Å². The molecule has 0 amide bonds. The molecule has 0 radical (unpaired) electrons. The van der Waals surface area contributed by atoms with Crippen molar-refractivity contribution in [2.45, 2.75) is 69.4 Å². The summed E-state index contributed by atoms with van der Waals surface area (Å²) in [6.07, 6.45) is -3.32. The zero-order chi connectivity index (χ0) is 32.7. The van der Waals surface area contributed by atoms with E-state index in [-0.39, 0.29) is 33.6 Å². The van der Waals surface area contributed by atoms with Crippen LogP contribution in [0.15, 0.2) is 65.6 Å². The topological polar surface area (TPSA) is 55.8 Å². The molecule has 0 fully saturated rings. The lowest BCUT2D eigenvalue weighted by Gasteiger charge is -2.38. The first-order valence-electron chi connectivity index (χ1n) is 14.1. The van der Waals surface area contributed by atoms with Crippen molar-refractivity contribution in [2.24, 2.45) is 0 Å². The van der Waals surface area contributed by atoms with Gasteiger partial charge in [0, 0.05) is 18.6 Å². The van der Waals surface area contributed by atoms with Crippen LogP contribution in [0.4, 0.5) is 23.2 Å². The Morgan fingerprint density at radius 2 is 1.77 bits per heavy atom. The van der Waals surface area contributed by atoms with Crippen LogP contribution in [0.5, 0.6) is 5.75 Å². The molecular formula is C32H36ClF4NO4SSi. The highest BCUT2D eigenvalue weighted by Gasteiger charge is 2.39. The van der Waals surface area contributed by atoms with Gasteiger partial charge in [0.2, 0.25) is 0 Å². The molecule has 1 unspecified atom stereocenters. The molecule has 0 aliphatic carbocycles. The van der Waals surface area contributed by atoms with Crippen molar-refractivity contribution < 1.29 is 35.1 Å². The minimum Gasteiger partial charge on any atom is -0.486 e. The summed E-state index contributed by atoms with van der Waals surface area (Å²) < 4.78 is 96.6. The molecule has 1 aliphatic heterocycles. The first kappa shape index (κ1) is 34.0. The number of rotatable bonds is 8. The lowest BCUT2D eigenvalue weighted by Crippen LogP contribution is -2.45. The molecule has 3 aromatic carbocycles. The normalized spacial score (nSPS) is 16.5. The average molecular weight is 670 g/mol. The Morgan fingerprint density at radius 1 is 1.09 bits per heavy atom. The molecule has 44 heavy (non-hydrogen) atoms. The van der Waals surface area contributed by atoms with Crippen molar-refractivity contribution in [3.05, 3.63) is 88.2 Å². The van der Waals surface area contributed by atoms with Gasteiger partial charge in [-0.25, -0.2) is 12.8 Å². The zero-order valence-corrected chi connectivity index (χ0v) is 28.0. The van der Waals surface area contributed by atoms with Crippen LogP contribution in [-0.4, -0.2) is 36.0 Å². The third kappa shape index (κ3) is 7.33. The number of hydrogen-bond donors (Lipinski definition) is 0. The molecule has 12 heteroatoms. The van der Waals surface area contributed by atoms with Crippen molar-refractivity contribution >= 4 is 47.3 Å². The Hall–Kier alpha value is -2.86. The number of nitrogens with zero attached hydrogens (tertiary/aromatic N) is 1. The van der Waals surface area contributed by atoms with Gasteiger partial charge in [0.1, 0.15) is 17.7 Å². The van der Waals surface area contributed by atoms with E-state index in [1.807, 2.05) is 0 Å². The molecule has 0 spiro atoms. The molecule has 1 atom stereocenters. The van der Waals surface area contributed by atoms with Gasteiger partial charge in [-0.3, -0.25) is 4.31 Å². The maximum Gasteiger partial charge on any atom is 0.416 e. The highest BCUT2D eigenvalue weighted by molar-refractivity contribution is 7.92. The van der Waals surface area contributed by atoms with E-state index in [0.717, 1.165) is 22.5 Å². The fraction of sp³-hybridized carbons (Fsp3) is 0.375. The van der Waals surface area contributed by atoms with Crippen molar-refractivity contribution in [1.29, 1.82) is 0 Å². The lowest BCUT2D eigenvalue weighted by atomic mass is 10.0. The standard InChI is InChI=1S/C32H36ClF4NO4SSi/c1-21(30-26(33)11-8-12-27(30)34)17-22-13-14-29-28(18-22)38(20-24(42-29)15-16-41-44(5,6)31(2,3)4)43(39,40)25-10-7-9-23(19-25)32(35,36)37/h7-14,17-19,24H,15-16,20H2,1-6H3. The molecule has 0 saturated carbocycles. The van der Waals surface area contributed by atoms with Crippen LogP contribution in [0.25, 0.3) is 11.6 Å². The highest BCUT2D eigenvalue weighted by Crippen LogP contribution is 2.41. The molecule has 0 aromatic heterocycles. The van der Waals surface area contributed by atoms with E-state index >= 15 is 0 Å². The summed E-state index contributed by atoms with van der Waals surface area (Å²) in [5, 5.41) is 0.192. The second-order valence-corrected chi connectivity index (χ2v) is 19.4. The summed E-state index contributed by atoms with van der Waals surface area (Å²) in [4.78, 5) is -0.494. The third-order valence-corrected chi connectivity index (χ3v) is 14.7. The molecule has 0 saturated heterocycles. The molecule has 238 valence electrons. The third-order valence-electron chi connectivity index (χ3n) is 8.11. The summed E-state index contributed by atoms with van der Waals surface area (Å²) in [6, 6.07) is 12.9. The number of hydrogen-bond acceptors (Lipinski definition) is 4. The summed E-state index contributed by atoms with van der Waals surface area (Å²) in [6.45, 7) is 12.4. The van der Waals surface area contributed by atoms with Crippen LogP contribution in [0.2, 0.25) is 23.2 Å². The Kier molecular flexibility index (Phi) is 9.66. The van der Waals surface area contributed by atoms with Gasteiger partial charge in [0.05, 0.1) is 27.7 Å². The number of ether oxygens (including phenoxy) is 1. The first-order chi connectivity index (χ1) is 20.3. The Bertz CT molecular complexity index is 1650. The minimum absolute atomic E-state index is 0.0269. The van der Waals surface area contributed by atoms with E-state index in [1.165, 1.54) is 12.1 Å². The molecule has 4 rings (SSSR count). The van der Waals surface area contributed by atoms with Crippen LogP contribution in [0.3, 0.4) is 0 Å². The maximum atomic E-state index is 14.6. The molecule has 1 aliphatic rings. The van der Waals surface area contributed by atoms with Crippen molar-refractivity contribution in [3.8, 4) is 5.75 Å². The van der Waals surface area contributed by atoms with E-state index in [9.17, 15) is 26.0 Å². The summed E-state index contributed by atoms with van der Waals surface area (Å²) in [7, 11) is -6.55. The van der Waals surface area contributed by atoms with Gasteiger partial charge in [-0.2, -0.15) is 13.2 Å². The molecule has 5 nitrogen and oxygen atoms in total. The van der Waals surface area contributed by atoms with Crippen molar-refractivity contribution in [2.75, 3.05) is 17.5 Å². The van der Waals surface area contributed by atoms with Crippen molar-refractivity contribution in [1.82, 2.24) is 0 Å². The molecule has 1 heterocycles. The Labute approximate surface area is 262 Å². The first-order valence-corrected chi connectivity index (χ1v) is 18.8. The highest BCUT2D eigenvalue weighted by atomic mass is 35.5. The number of fused-ring (bicyclic) bond motifs is 1. The van der Waals surface area contributed by atoms with Gasteiger partial charge in [-0.05, 0) is 78.7 Å². The second kappa shape index (κ2) is 12.5. The number of alkyl halides is 3. The molecule has 3 aromatic rings. The average Bonchev–Trinajstić information content (AvgIpc) is 2.91. The number of anilines is 1. The van der Waals surface area contributed by atoms with Crippen LogP contribution in [0.1, 0.15) is 50.8 Å². The van der Waals surface area contributed by atoms with E-state index in [1.54, 1.807) is 37.3 Å². The maximum absolute atomic E-state index is 14.6. The van der Waals surface area contributed by atoms with Gasteiger partial charge in [-0.1, -0.05) is 56.6 Å². The monoisotopic (exact) mass is 669 g/mol. The quantitative estimate of drug-likeness (QED) is 0.136. The summed E-state index contributed by atoms with van der Waals surface area (Å²) >= 11 is 6.24. The fourth-order valence-corrected chi connectivity index (χ4v) is 7.53. The number of sulfonamides is 1. The van der Waals surface area contributed by atoms with Crippen LogP contribution in [-0.2, 0) is 20.6 Å². The minimum atomic E-state index is -4.72. The number of allylic oxidation sites excluding steroid dienone is 1. The van der Waals surface area contributed by atoms with E-state index < -0.39 is 46.9 Å². The van der Waals surface area contributed by atoms with Crippen molar-refractivity contribution in [3.63, 3.8) is 0 Å². The van der Waals surface area contributed by atoms with Crippen LogP contribution >= 0.6 is 11.6 Å². The van der Waals surface area contributed by atoms with Gasteiger partial charge >= 0.3 is 6.18 Å². The summed E-state index contributed by atoms with van der Waals surface area (Å²) in [5.74, 6) is -0.257. The van der Waals surface area contributed by atoms with E-state index in [2.05, 4.69) is 33.9 Å². The smallest absolute Gasteiger partial charge is 0.416 e. The molecular weight excluding hydrogens is 634 g/mol. The predicted octanol–water partition coefficient (Wildman–Crippen LogP) is 9.43. The largest absolute Gasteiger partial charge is 0.486 e. The van der Waals surface area contributed by atoms with Gasteiger partial charge in [0.15, 0.2) is 8.32 Å². The Morgan fingerprint density at radius 3 is 2.41 bits per heavy atom. The van der Waals surface area contributed by atoms with Gasteiger partial charge in [-0.15, -0.1) is 0 Å². The predicted molar refractivity (Wildman–Crippen MR) is 170 cm³/mol. The van der Waals surface area contributed by atoms with Crippen LogP contribution < -0.4 is 9.04 Å². The van der Waals surface area contributed by atoms with Gasteiger partial charge in [0.25, 0.3) is 10.0 Å². The zero-order valence-electron chi connectivity index (χ0n) is 25.4. The SMILES string of the molecule is CC(=Cc1ccc2c(c1)N(S(=O)(=O)c1cccc(C(F)(F)F)c1)CC(CCO[Si](C)(C)C(C)(C)C)O2)c1c(F)cccc1Cl. The van der Waals surface area contributed by atoms with Crippen LogP contribution in [0, 0.1) is 5.82 Å². The molecule has 0 bridgehead atoms. The summed E-state index contributed by atoms with van der Waals surface area (Å²) in [5.41, 5.74) is 0.315. The number of halogens is 5. The fourth-order valence-electron chi connectivity index (χ4n) is 4.62.